The van der Waals surface area contributed by atoms with Crippen LogP contribution in [0.3, 0.4) is 0 Å². The lowest BCUT2D eigenvalue weighted by atomic mass is 10.2. The highest BCUT2D eigenvalue weighted by molar-refractivity contribution is 5.66. The summed E-state index contributed by atoms with van der Waals surface area (Å²) in [5.74, 6) is 0. The summed E-state index contributed by atoms with van der Waals surface area (Å²) in [7, 11) is 0. The second kappa shape index (κ2) is 4.22. The third-order valence-electron chi connectivity index (χ3n) is 2.63. The van der Waals surface area contributed by atoms with Gasteiger partial charge in [0.2, 0.25) is 0 Å². The van der Waals surface area contributed by atoms with Crippen LogP contribution in [0.1, 0.15) is 6.42 Å². The molecule has 1 aromatic rings. The molecular formula is C11H13N3O2. The molecule has 0 radical (unpaired) electrons. The van der Waals surface area contributed by atoms with Crippen LogP contribution in [0.4, 0.5) is 17.1 Å². The second-order valence-electron chi connectivity index (χ2n) is 3.71. The molecule has 2 rings (SSSR count). The number of nitro benzene ring substituents is 1. The molecule has 0 saturated heterocycles. The van der Waals surface area contributed by atoms with Crippen molar-refractivity contribution < 1.29 is 4.92 Å². The zero-order chi connectivity index (χ0) is 11.5. The molecule has 0 atom stereocenters. The van der Waals surface area contributed by atoms with Crippen LogP contribution in [0.5, 0.6) is 0 Å². The Morgan fingerprint density at radius 2 is 2.19 bits per heavy atom. The number of rotatable bonds is 2. The minimum Gasteiger partial charge on any atom is -0.393 e. The number of hydrogen-bond acceptors (Lipinski definition) is 4. The molecule has 0 amide bonds. The number of nitrogen functional groups attached to an aromatic ring is 1. The van der Waals surface area contributed by atoms with Gasteiger partial charge in [0.25, 0.3) is 5.69 Å². The van der Waals surface area contributed by atoms with Crippen LogP contribution < -0.4 is 10.6 Å². The van der Waals surface area contributed by atoms with Gasteiger partial charge in [0.05, 0.1) is 4.92 Å². The van der Waals surface area contributed by atoms with E-state index in [0.29, 0.717) is 0 Å². The van der Waals surface area contributed by atoms with Crippen LogP contribution in [-0.2, 0) is 0 Å². The van der Waals surface area contributed by atoms with E-state index < -0.39 is 4.92 Å². The molecule has 0 bridgehead atoms. The molecule has 5 heteroatoms. The SMILES string of the molecule is Nc1cc(N2CC=CCC2)ccc1[N+](=O)[O-]. The fourth-order valence-electron chi connectivity index (χ4n) is 1.78. The largest absolute Gasteiger partial charge is 0.393 e. The highest BCUT2D eigenvalue weighted by Gasteiger charge is 2.14. The zero-order valence-electron chi connectivity index (χ0n) is 8.80. The molecule has 16 heavy (non-hydrogen) atoms. The van der Waals surface area contributed by atoms with Crippen molar-refractivity contribution in [2.45, 2.75) is 6.42 Å². The van der Waals surface area contributed by atoms with Gasteiger partial charge in [-0.1, -0.05) is 12.2 Å². The average molecular weight is 219 g/mol. The number of nitrogens with two attached hydrogens (primary N) is 1. The molecule has 5 nitrogen and oxygen atoms in total. The van der Waals surface area contributed by atoms with E-state index in [1.54, 1.807) is 12.1 Å². The monoisotopic (exact) mass is 219 g/mol. The standard InChI is InChI=1S/C11H13N3O2/c12-10-8-9(4-5-11(10)14(15)16)13-6-2-1-3-7-13/h1-2,4-5,8H,3,6-7,12H2. The number of benzene rings is 1. The maximum Gasteiger partial charge on any atom is 0.292 e. The van der Waals surface area contributed by atoms with E-state index in [2.05, 4.69) is 17.1 Å². The molecule has 1 heterocycles. The summed E-state index contributed by atoms with van der Waals surface area (Å²) in [6.07, 6.45) is 5.21. The number of hydrogen-bond donors (Lipinski definition) is 1. The minimum absolute atomic E-state index is 0.0312. The molecule has 2 N–H and O–H groups in total. The quantitative estimate of drug-likeness (QED) is 0.357. The topological polar surface area (TPSA) is 72.4 Å². The van der Waals surface area contributed by atoms with Crippen LogP contribution in [0.15, 0.2) is 30.4 Å². The molecule has 1 aromatic carbocycles. The Labute approximate surface area is 93.3 Å². The van der Waals surface area contributed by atoms with Gasteiger partial charge in [-0.05, 0) is 18.6 Å². The van der Waals surface area contributed by atoms with Crippen LogP contribution in [0, 0.1) is 10.1 Å². The molecule has 1 aliphatic heterocycles. The maximum absolute atomic E-state index is 10.6. The first-order valence-electron chi connectivity index (χ1n) is 5.12. The Bertz CT molecular complexity index is 443. The molecule has 0 aliphatic carbocycles. The Balaban J connectivity index is 2.26. The summed E-state index contributed by atoms with van der Waals surface area (Å²) >= 11 is 0. The minimum atomic E-state index is -0.463. The zero-order valence-corrected chi connectivity index (χ0v) is 8.80. The summed E-state index contributed by atoms with van der Waals surface area (Å²) in [5, 5.41) is 10.6. The van der Waals surface area contributed by atoms with Crippen molar-refractivity contribution >= 4 is 17.1 Å². The third kappa shape index (κ3) is 1.98. The lowest BCUT2D eigenvalue weighted by Crippen LogP contribution is -2.26. The molecule has 84 valence electrons. The van der Waals surface area contributed by atoms with Gasteiger partial charge in [0.15, 0.2) is 0 Å². The van der Waals surface area contributed by atoms with Gasteiger partial charge < -0.3 is 10.6 Å². The normalized spacial score (nSPS) is 15.1. The summed E-state index contributed by atoms with van der Waals surface area (Å²) < 4.78 is 0. The molecule has 0 saturated carbocycles. The van der Waals surface area contributed by atoms with Gasteiger partial charge in [-0.25, -0.2) is 0 Å². The van der Waals surface area contributed by atoms with Gasteiger partial charge in [-0.3, -0.25) is 10.1 Å². The second-order valence-corrected chi connectivity index (χ2v) is 3.71. The molecule has 0 spiro atoms. The lowest BCUT2D eigenvalue weighted by Gasteiger charge is -2.25. The first kappa shape index (κ1) is 10.5. The van der Waals surface area contributed by atoms with E-state index >= 15 is 0 Å². The molecular weight excluding hydrogens is 206 g/mol. The van der Waals surface area contributed by atoms with E-state index in [9.17, 15) is 10.1 Å². The summed E-state index contributed by atoms with van der Waals surface area (Å²) in [6, 6.07) is 4.87. The number of anilines is 2. The fraction of sp³-hybridized carbons (Fsp3) is 0.273. The van der Waals surface area contributed by atoms with Gasteiger partial charge in [0, 0.05) is 24.8 Å². The number of nitrogens with zero attached hydrogens (tertiary/aromatic N) is 2. The van der Waals surface area contributed by atoms with E-state index in [1.807, 2.05) is 0 Å². The van der Waals surface area contributed by atoms with Crippen LogP contribution in [0.25, 0.3) is 0 Å². The Morgan fingerprint density at radius 1 is 1.38 bits per heavy atom. The van der Waals surface area contributed by atoms with Crippen molar-refractivity contribution in [3.8, 4) is 0 Å². The Kier molecular flexibility index (Phi) is 2.76. The molecule has 0 aromatic heterocycles. The van der Waals surface area contributed by atoms with Crippen LogP contribution >= 0.6 is 0 Å². The van der Waals surface area contributed by atoms with Crippen molar-refractivity contribution in [2.24, 2.45) is 0 Å². The predicted octanol–water partition coefficient (Wildman–Crippen LogP) is 1.94. The highest BCUT2D eigenvalue weighted by atomic mass is 16.6. The molecule has 0 unspecified atom stereocenters. The average Bonchev–Trinajstić information content (AvgIpc) is 2.29. The van der Waals surface area contributed by atoms with Crippen molar-refractivity contribution in [3.63, 3.8) is 0 Å². The highest BCUT2D eigenvalue weighted by Crippen LogP contribution is 2.27. The third-order valence-corrected chi connectivity index (χ3v) is 2.63. The van der Waals surface area contributed by atoms with Crippen molar-refractivity contribution in [2.75, 3.05) is 23.7 Å². The lowest BCUT2D eigenvalue weighted by molar-refractivity contribution is -0.383. The van der Waals surface area contributed by atoms with Crippen molar-refractivity contribution in [3.05, 3.63) is 40.5 Å². The fourth-order valence-corrected chi connectivity index (χ4v) is 1.78. The Hall–Kier alpha value is -2.04. The van der Waals surface area contributed by atoms with Crippen molar-refractivity contribution in [1.82, 2.24) is 0 Å². The van der Waals surface area contributed by atoms with Gasteiger partial charge in [0.1, 0.15) is 5.69 Å². The van der Waals surface area contributed by atoms with E-state index in [-0.39, 0.29) is 11.4 Å². The van der Waals surface area contributed by atoms with E-state index in [4.69, 9.17) is 5.73 Å². The van der Waals surface area contributed by atoms with E-state index in [0.717, 1.165) is 25.2 Å². The van der Waals surface area contributed by atoms with Gasteiger partial charge in [-0.15, -0.1) is 0 Å². The maximum atomic E-state index is 10.6. The summed E-state index contributed by atoms with van der Waals surface area (Å²) in [5.41, 5.74) is 6.77. The smallest absolute Gasteiger partial charge is 0.292 e. The van der Waals surface area contributed by atoms with Gasteiger partial charge >= 0.3 is 0 Å². The van der Waals surface area contributed by atoms with Crippen LogP contribution in [-0.4, -0.2) is 18.0 Å². The van der Waals surface area contributed by atoms with Gasteiger partial charge in [-0.2, -0.15) is 0 Å². The van der Waals surface area contributed by atoms with Crippen LogP contribution in [0.2, 0.25) is 0 Å². The first-order chi connectivity index (χ1) is 7.68. The van der Waals surface area contributed by atoms with E-state index in [1.165, 1.54) is 6.07 Å². The predicted molar refractivity (Wildman–Crippen MR) is 63.5 cm³/mol. The van der Waals surface area contributed by atoms with Crippen molar-refractivity contribution in [1.29, 1.82) is 0 Å². The molecule has 1 aliphatic rings. The summed E-state index contributed by atoms with van der Waals surface area (Å²) in [6.45, 7) is 1.75. The first-order valence-corrected chi connectivity index (χ1v) is 5.12. The molecule has 0 fully saturated rings. The number of nitro groups is 1. The summed E-state index contributed by atoms with van der Waals surface area (Å²) in [4.78, 5) is 12.3. The Morgan fingerprint density at radius 3 is 2.75 bits per heavy atom.